The van der Waals surface area contributed by atoms with E-state index in [4.69, 9.17) is 10.8 Å². The Kier molecular flexibility index (Phi) is 3.77. The molecule has 1 rings (SSSR count). The Morgan fingerprint density at radius 3 is 2.47 bits per heavy atom. The largest absolute Gasteiger partial charge is 0.396 e. The summed E-state index contributed by atoms with van der Waals surface area (Å²) < 4.78 is 25.7. The van der Waals surface area contributed by atoms with E-state index in [1.165, 1.54) is 6.07 Å². The molecule has 4 heteroatoms. The Morgan fingerprint density at radius 2 is 2.00 bits per heavy atom. The first-order chi connectivity index (χ1) is 7.03. The maximum atomic E-state index is 13.0. The lowest BCUT2D eigenvalue weighted by Crippen LogP contribution is -2.33. The topological polar surface area (TPSA) is 46.2 Å². The van der Waals surface area contributed by atoms with E-state index in [0.29, 0.717) is 12.0 Å². The van der Waals surface area contributed by atoms with Crippen LogP contribution in [0, 0.1) is 11.6 Å². The number of hydrogen-bond donors (Lipinski definition) is 2. The number of aliphatic hydroxyl groups is 1. The van der Waals surface area contributed by atoms with Crippen LogP contribution in [-0.2, 0) is 5.41 Å². The molecule has 0 aromatic heterocycles. The van der Waals surface area contributed by atoms with Crippen molar-refractivity contribution in [2.24, 2.45) is 5.73 Å². The van der Waals surface area contributed by atoms with Gasteiger partial charge in [0.05, 0.1) is 0 Å². The molecule has 1 unspecified atom stereocenters. The first-order valence-electron chi connectivity index (χ1n) is 4.80. The fraction of sp³-hybridized carbons (Fsp3) is 0.455. The molecule has 0 aliphatic heterocycles. The number of hydrogen-bond acceptors (Lipinski definition) is 2. The van der Waals surface area contributed by atoms with Gasteiger partial charge in [0.1, 0.15) is 0 Å². The van der Waals surface area contributed by atoms with Crippen LogP contribution in [-0.4, -0.2) is 18.3 Å². The van der Waals surface area contributed by atoms with Gasteiger partial charge in [0.25, 0.3) is 0 Å². The highest BCUT2D eigenvalue weighted by Crippen LogP contribution is 2.27. The molecule has 84 valence electrons. The second-order valence-corrected chi connectivity index (χ2v) is 3.87. The molecule has 0 saturated carbocycles. The van der Waals surface area contributed by atoms with Gasteiger partial charge in [-0.2, -0.15) is 0 Å². The van der Waals surface area contributed by atoms with Gasteiger partial charge >= 0.3 is 0 Å². The third kappa shape index (κ3) is 2.52. The standard InChI is InChI=1S/C11H15F2NO/c1-11(7-14,4-5-15)8-2-3-9(12)10(13)6-8/h2-3,6,15H,4-5,7,14H2,1H3. The molecule has 1 atom stereocenters. The molecule has 0 fully saturated rings. The minimum Gasteiger partial charge on any atom is -0.396 e. The van der Waals surface area contributed by atoms with Gasteiger partial charge in [-0.3, -0.25) is 0 Å². The number of aliphatic hydroxyl groups excluding tert-OH is 1. The molecule has 0 aliphatic carbocycles. The van der Waals surface area contributed by atoms with Crippen molar-refractivity contribution in [3.05, 3.63) is 35.4 Å². The van der Waals surface area contributed by atoms with E-state index in [-0.39, 0.29) is 13.2 Å². The summed E-state index contributed by atoms with van der Waals surface area (Å²) in [4.78, 5) is 0. The van der Waals surface area contributed by atoms with Crippen molar-refractivity contribution in [2.75, 3.05) is 13.2 Å². The molecule has 2 nitrogen and oxygen atoms in total. The zero-order valence-electron chi connectivity index (χ0n) is 8.63. The highest BCUT2D eigenvalue weighted by Gasteiger charge is 2.25. The molecule has 1 aromatic rings. The lowest BCUT2D eigenvalue weighted by molar-refractivity contribution is 0.246. The summed E-state index contributed by atoms with van der Waals surface area (Å²) >= 11 is 0. The Labute approximate surface area is 87.7 Å². The molecule has 0 amide bonds. The summed E-state index contributed by atoms with van der Waals surface area (Å²) in [6, 6.07) is 3.72. The minimum absolute atomic E-state index is 0.0350. The molecule has 0 spiro atoms. The predicted octanol–water partition coefficient (Wildman–Crippen LogP) is 1.56. The molecule has 0 bridgehead atoms. The number of benzene rings is 1. The zero-order valence-corrected chi connectivity index (χ0v) is 8.63. The molecular formula is C11H15F2NO. The van der Waals surface area contributed by atoms with Crippen LogP contribution >= 0.6 is 0 Å². The van der Waals surface area contributed by atoms with Crippen LogP contribution in [0.1, 0.15) is 18.9 Å². The van der Waals surface area contributed by atoms with Crippen LogP contribution in [0.3, 0.4) is 0 Å². The number of halogens is 2. The molecule has 0 saturated heterocycles. The highest BCUT2D eigenvalue weighted by atomic mass is 19.2. The van der Waals surface area contributed by atoms with Gasteiger partial charge in [0.2, 0.25) is 0 Å². The average Bonchev–Trinajstić information content (AvgIpc) is 2.22. The third-order valence-electron chi connectivity index (χ3n) is 2.73. The lowest BCUT2D eigenvalue weighted by Gasteiger charge is -2.27. The second kappa shape index (κ2) is 4.68. The van der Waals surface area contributed by atoms with Gasteiger partial charge in [-0.15, -0.1) is 0 Å². The van der Waals surface area contributed by atoms with E-state index >= 15 is 0 Å². The van der Waals surface area contributed by atoms with Crippen molar-refractivity contribution in [1.29, 1.82) is 0 Å². The van der Waals surface area contributed by atoms with E-state index in [1.807, 2.05) is 6.92 Å². The molecule has 15 heavy (non-hydrogen) atoms. The van der Waals surface area contributed by atoms with Gasteiger partial charge < -0.3 is 10.8 Å². The van der Waals surface area contributed by atoms with E-state index in [1.54, 1.807) is 0 Å². The quantitative estimate of drug-likeness (QED) is 0.800. The van der Waals surface area contributed by atoms with Gasteiger partial charge in [0.15, 0.2) is 11.6 Å². The first kappa shape index (κ1) is 12.1. The summed E-state index contributed by atoms with van der Waals surface area (Å²) in [5.41, 5.74) is 5.68. The maximum absolute atomic E-state index is 13.0. The van der Waals surface area contributed by atoms with Crippen LogP contribution in [0.4, 0.5) is 8.78 Å². The van der Waals surface area contributed by atoms with Crippen LogP contribution in [0.2, 0.25) is 0 Å². The summed E-state index contributed by atoms with van der Waals surface area (Å²) in [7, 11) is 0. The average molecular weight is 215 g/mol. The molecule has 3 N–H and O–H groups in total. The van der Waals surface area contributed by atoms with E-state index in [0.717, 1.165) is 12.1 Å². The summed E-state index contributed by atoms with van der Waals surface area (Å²) in [5, 5.41) is 8.89. The predicted molar refractivity (Wildman–Crippen MR) is 54.5 cm³/mol. The summed E-state index contributed by atoms with van der Waals surface area (Å²) in [6.07, 6.45) is 0.425. The monoisotopic (exact) mass is 215 g/mol. The molecule has 1 aromatic carbocycles. The fourth-order valence-electron chi connectivity index (χ4n) is 1.48. The summed E-state index contributed by atoms with van der Waals surface area (Å²) in [5.74, 6) is -1.76. The Hall–Kier alpha value is -1.00. The van der Waals surface area contributed by atoms with Crippen molar-refractivity contribution in [2.45, 2.75) is 18.8 Å². The molecule has 0 heterocycles. The SMILES string of the molecule is CC(CN)(CCO)c1ccc(F)c(F)c1. The Balaban J connectivity index is 3.07. The Bertz CT molecular complexity index is 343. The summed E-state index contributed by atoms with van der Waals surface area (Å²) in [6.45, 7) is 2.06. The zero-order chi connectivity index (χ0) is 11.5. The van der Waals surface area contributed by atoms with Crippen molar-refractivity contribution >= 4 is 0 Å². The number of rotatable bonds is 4. The van der Waals surface area contributed by atoms with Crippen molar-refractivity contribution in [3.8, 4) is 0 Å². The lowest BCUT2D eigenvalue weighted by atomic mass is 9.80. The minimum atomic E-state index is -0.884. The molecule has 0 aliphatic rings. The van der Waals surface area contributed by atoms with E-state index in [9.17, 15) is 8.78 Å². The van der Waals surface area contributed by atoms with Gasteiger partial charge in [0, 0.05) is 18.6 Å². The van der Waals surface area contributed by atoms with Gasteiger partial charge in [-0.05, 0) is 24.1 Å². The van der Waals surface area contributed by atoms with E-state index in [2.05, 4.69) is 0 Å². The maximum Gasteiger partial charge on any atom is 0.159 e. The van der Waals surface area contributed by atoms with Crippen LogP contribution in [0.25, 0.3) is 0 Å². The van der Waals surface area contributed by atoms with Gasteiger partial charge in [-0.1, -0.05) is 13.0 Å². The van der Waals surface area contributed by atoms with E-state index < -0.39 is 17.0 Å². The molecule has 0 radical (unpaired) electrons. The highest BCUT2D eigenvalue weighted by molar-refractivity contribution is 5.26. The van der Waals surface area contributed by atoms with Gasteiger partial charge in [-0.25, -0.2) is 8.78 Å². The fourth-order valence-corrected chi connectivity index (χ4v) is 1.48. The van der Waals surface area contributed by atoms with Crippen LogP contribution in [0.15, 0.2) is 18.2 Å². The normalized spacial score (nSPS) is 15.0. The first-order valence-corrected chi connectivity index (χ1v) is 4.80. The van der Waals surface area contributed by atoms with Crippen LogP contribution in [0.5, 0.6) is 0 Å². The number of nitrogens with two attached hydrogens (primary N) is 1. The smallest absolute Gasteiger partial charge is 0.159 e. The Morgan fingerprint density at radius 1 is 1.33 bits per heavy atom. The van der Waals surface area contributed by atoms with Crippen LogP contribution < -0.4 is 5.73 Å². The second-order valence-electron chi connectivity index (χ2n) is 3.87. The van der Waals surface area contributed by atoms with Crippen molar-refractivity contribution in [3.63, 3.8) is 0 Å². The third-order valence-corrected chi connectivity index (χ3v) is 2.73. The van der Waals surface area contributed by atoms with Crippen molar-refractivity contribution < 1.29 is 13.9 Å². The molecular weight excluding hydrogens is 200 g/mol. The van der Waals surface area contributed by atoms with Crippen molar-refractivity contribution in [1.82, 2.24) is 0 Å².